The fourth-order valence-electron chi connectivity index (χ4n) is 0.577. The van der Waals surface area contributed by atoms with Crippen LogP contribution in [0.15, 0.2) is 0 Å². The van der Waals surface area contributed by atoms with Crippen LogP contribution in [0.25, 0.3) is 0 Å². The van der Waals surface area contributed by atoms with Crippen LogP contribution in [0.2, 0.25) is 0 Å². The van der Waals surface area contributed by atoms with Gasteiger partial charge in [0.15, 0.2) is 5.40 Å². The highest BCUT2D eigenvalue weighted by Gasteiger charge is 2.44. The summed E-state index contributed by atoms with van der Waals surface area (Å²) in [5.74, 6) is 0. The molecule has 0 aliphatic carbocycles. The smallest absolute Gasteiger partial charge is 0.324 e. The maximum Gasteiger partial charge on any atom is 0.341 e. The zero-order chi connectivity index (χ0) is 10.9. The third kappa shape index (κ3) is 4.88. The monoisotopic (exact) mass is 252 g/mol. The van der Waals surface area contributed by atoms with Gasteiger partial charge in [-0.2, -0.15) is 0 Å². The molecule has 0 saturated heterocycles. The second kappa shape index (κ2) is 4.19. The fourth-order valence-corrected chi connectivity index (χ4v) is 3.32. The molecule has 10 heteroatoms. The predicted molar refractivity (Wildman–Crippen MR) is 43.4 cm³/mol. The van der Waals surface area contributed by atoms with Crippen molar-refractivity contribution in [3.63, 3.8) is 0 Å². The second-order valence-corrected chi connectivity index (χ2v) is 6.65. The van der Waals surface area contributed by atoms with E-state index in [1.165, 1.54) is 0 Å². The summed E-state index contributed by atoms with van der Waals surface area (Å²) in [6.45, 7) is 0. The standard InChI is InChI=1S/C3H7ClO7P2/c4-2(5)1-3(12(6,7)8)13(9,10)11/h3H,1H2,(H2,6,7,8)(H2,9,10,11). The number of hydrogen-bond acceptors (Lipinski definition) is 3. The SMILES string of the molecule is O=C(Cl)CC(P(=O)(O)O)P(=O)(O)O. The lowest BCUT2D eigenvalue weighted by molar-refractivity contribution is -0.111. The first kappa shape index (κ1) is 13.3. The molecular formula is C3H7ClO7P2. The molecule has 0 fully saturated rings. The van der Waals surface area contributed by atoms with Gasteiger partial charge in [-0.05, 0) is 11.6 Å². The summed E-state index contributed by atoms with van der Waals surface area (Å²) >= 11 is 4.76. The number of hydrogen-bond donors (Lipinski definition) is 4. The molecule has 0 saturated carbocycles. The highest BCUT2D eigenvalue weighted by Crippen LogP contribution is 2.61. The summed E-state index contributed by atoms with van der Waals surface area (Å²) in [5.41, 5.74) is 0. The lowest BCUT2D eigenvalue weighted by Gasteiger charge is -2.17. The molecule has 4 N–H and O–H groups in total. The van der Waals surface area contributed by atoms with Gasteiger partial charge in [0.25, 0.3) is 0 Å². The van der Waals surface area contributed by atoms with E-state index in [-0.39, 0.29) is 0 Å². The minimum Gasteiger partial charge on any atom is -0.324 e. The van der Waals surface area contributed by atoms with Crippen molar-refractivity contribution in [3.8, 4) is 0 Å². The Morgan fingerprint density at radius 2 is 1.46 bits per heavy atom. The zero-order valence-corrected chi connectivity index (χ0v) is 8.62. The van der Waals surface area contributed by atoms with E-state index in [2.05, 4.69) is 0 Å². The third-order valence-corrected chi connectivity index (χ3v) is 5.00. The topological polar surface area (TPSA) is 132 Å². The van der Waals surface area contributed by atoms with E-state index in [4.69, 9.17) is 31.2 Å². The first-order chi connectivity index (χ1) is 5.55. The van der Waals surface area contributed by atoms with Gasteiger partial charge in [0, 0.05) is 6.42 Å². The molecule has 13 heavy (non-hydrogen) atoms. The van der Waals surface area contributed by atoms with Crippen molar-refractivity contribution in [1.82, 2.24) is 0 Å². The summed E-state index contributed by atoms with van der Waals surface area (Å²) in [6.07, 6.45) is -1.06. The van der Waals surface area contributed by atoms with E-state index in [0.717, 1.165) is 0 Å². The van der Waals surface area contributed by atoms with Crippen LogP contribution in [-0.2, 0) is 13.9 Å². The van der Waals surface area contributed by atoms with Crippen LogP contribution in [-0.4, -0.2) is 30.2 Å². The normalized spacial score (nSPS) is 13.4. The summed E-state index contributed by atoms with van der Waals surface area (Å²) in [4.78, 5) is 44.1. The first-order valence-corrected chi connectivity index (χ1v) is 6.58. The Bertz CT molecular complexity index is 266. The largest absolute Gasteiger partial charge is 0.341 e. The van der Waals surface area contributed by atoms with Gasteiger partial charge in [-0.3, -0.25) is 13.9 Å². The minimum absolute atomic E-state index is 1.06. The summed E-state index contributed by atoms with van der Waals surface area (Å²) in [7, 11) is -10.0. The van der Waals surface area contributed by atoms with E-state index < -0.39 is 32.3 Å². The Balaban J connectivity index is 4.90. The highest BCUT2D eigenvalue weighted by atomic mass is 35.5. The van der Waals surface area contributed by atoms with Crippen LogP contribution in [0, 0.1) is 0 Å². The van der Waals surface area contributed by atoms with Crippen molar-refractivity contribution < 1.29 is 33.5 Å². The molecule has 0 aromatic heterocycles. The molecule has 78 valence electrons. The fraction of sp³-hybridized carbons (Fsp3) is 0.667. The van der Waals surface area contributed by atoms with Crippen LogP contribution in [0.5, 0.6) is 0 Å². The Hall–Kier alpha value is 0.260. The average Bonchev–Trinajstić information content (AvgIpc) is 1.77. The van der Waals surface area contributed by atoms with Crippen molar-refractivity contribution in [3.05, 3.63) is 0 Å². The van der Waals surface area contributed by atoms with Crippen molar-refractivity contribution in [2.75, 3.05) is 0 Å². The number of carbonyl (C=O) groups is 1. The molecule has 0 aromatic carbocycles. The van der Waals surface area contributed by atoms with Gasteiger partial charge in [-0.15, -0.1) is 0 Å². The van der Waals surface area contributed by atoms with Gasteiger partial charge >= 0.3 is 15.2 Å². The Morgan fingerprint density at radius 1 is 1.15 bits per heavy atom. The van der Waals surface area contributed by atoms with Crippen LogP contribution >= 0.6 is 26.8 Å². The average molecular weight is 252 g/mol. The molecule has 0 bridgehead atoms. The third-order valence-electron chi connectivity index (χ3n) is 1.12. The lowest BCUT2D eigenvalue weighted by Crippen LogP contribution is -2.12. The zero-order valence-electron chi connectivity index (χ0n) is 6.07. The predicted octanol–water partition coefficient (Wildman–Crippen LogP) is -0.177. The van der Waals surface area contributed by atoms with E-state index in [9.17, 15) is 13.9 Å². The first-order valence-electron chi connectivity index (χ1n) is 2.84. The van der Waals surface area contributed by atoms with Crippen molar-refractivity contribution in [1.29, 1.82) is 0 Å². The molecule has 0 unspecified atom stereocenters. The van der Waals surface area contributed by atoms with Crippen LogP contribution in [0.1, 0.15) is 6.42 Å². The molecule has 0 rings (SSSR count). The van der Waals surface area contributed by atoms with Crippen LogP contribution in [0.3, 0.4) is 0 Å². The molecule has 0 aromatic rings. The Labute approximate surface area is 78.0 Å². The Morgan fingerprint density at radius 3 is 1.54 bits per heavy atom. The summed E-state index contributed by atoms with van der Waals surface area (Å²) < 4.78 is 21.0. The van der Waals surface area contributed by atoms with E-state index in [1.807, 2.05) is 0 Å². The maximum absolute atomic E-state index is 10.5. The van der Waals surface area contributed by atoms with Crippen LogP contribution < -0.4 is 0 Å². The van der Waals surface area contributed by atoms with Gasteiger partial charge in [0.2, 0.25) is 5.24 Å². The molecule has 0 heterocycles. The molecule has 0 spiro atoms. The molecular weight excluding hydrogens is 245 g/mol. The Kier molecular flexibility index (Phi) is 4.27. The minimum atomic E-state index is -5.02. The molecule has 0 amide bonds. The van der Waals surface area contributed by atoms with E-state index in [0.29, 0.717) is 0 Å². The van der Waals surface area contributed by atoms with Crippen LogP contribution in [0.4, 0.5) is 0 Å². The van der Waals surface area contributed by atoms with Gasteiger partial charge in [-0.25, -0.2) is 0 Å². The molecule has 0 aliphatic rings. The maximum atomic E-state index is 10.5. The quantitative estimate of drug-likeness (QED) is 0.403. The van der Waals surface area contributed by atoms with Crippen molar-refractivity contribution in [2.45, 2.75) is 11.8 Å². The van der Waals surface area contributed by atoms with Gasteiger partial charge in [0.05, 0.1) is 0 Å². The summed E-state index contributed by atoms with van der Waals surface area (Å²) in [5, 5.41) is -3.55. The van der Waals surface area contributed by atoms with E-state index in [1.54, 1.807) is 0 Å². The van der Waals surface area contributed by atoms with Gasteiger partial charge in [0.1, 0.15) is 0 Å². The van der Waals surface area contributed by atoms with Gasteiger partial charge in [-0.1, -0.05) is 0 Å². The molecule has 0 aliphatic heterocycles. The highest BCUT2D eigenvalue weighted by molar-refractivity contribution is 7.70. The second-order valence-electron chi connectivity index (χ2n) is 2.22. The lowest BCUT2D eigenvalue weighted by atomic mass is 10.5. The number of rotatable bonds is 4. The molecule has 7 nitrogen and oxygen atoms in total. The molecule has 0 atom stereocenters. The summed E-state index contributed by atoms with van der Waals surface area (Å²) in [6, 6.07) is 0. The van der Waals surface area contributed by atoms with Crippen molar-refractivity contribution in [2.24, 2.45) is 0 Å². The van der Waals surface area contributed by atoms with Crippen molar-refractivity contribution >= 4 is 32.0 Å². The number of carbonyl (C=O) groups excluding carboxylic acids is 1. The molecule has 0 radical (unpaired) electrons. The van der Waals surface area contributed by atoms with E-state index >= 15 is 0 Å². The van der Waals surface area contributed by atoms with Gasteiger partial charge < -0.3 is 19.6 Å². The number of halogens is 1.